The molecule has 0 fully saturated rings. The van der Waals surface area contributed by atoms with Gasteiger partial charge in [0.1, 0.15) is 0 Å². The Morgan fingerprint density at radius 3 is 2.40 bits per heavy atom. The summed E-state index contributed by atoms with van der Waals surface area (Å²) in [6.45, 7) is 8.20. The number of carbonyl (C=O) groups excluding carboxylic acids is 1. The van der Waals surface area contributed by atoms with Crippen molar-refractivity contribution in [1.82, 2.24) is 0 Å². The van der Waals surface area contributed by atoms with Crippen LogP contribution in [0.3, 0.4) is 0 Å². The summed E-state index contributed by atoms with van der Waals surface area (Å²) in [7, 11) is 0. The monoisotopic (exact) mass is 341 g/mol. The van der Waals surface area contributed by atoms with Crippen LogP contribution in [0, 0.1) is 17.0 Å². The SMILES string of the molecule is Cc1cc([N+](=O)[O-])ccc1NC(=O)CNc1ccccc1C(C)(C)C. The van der Waals surface area contributed by atoms with Crippen molar-refractivity contribution in [3.05, 3.63) is 63.7 Å². The summed E-state index contributed by atoms with van der Waals surface area (Å²) in [6.07, 6.45) is 0. The van der Waals surface area contributed by atoms with Crippen LogP contribution in [0.15, 0.2) is 42.5 Å². The maximum atomic E-state index is 12.2. The van der Waals surface area contributed by atoms with Crippen LogP contribution in [-0.4, -0.2) is 17.4 Å². The molecule has 0 spiro atoms. The lowest BCUT2D eigenvalue weighted by atomic mass is 9.86. The van der Waals surface area contributed by atoms with Crippen LogP contribution in [0.25, 0.3) is 0 Å². The number of hydrogen-bond donors (Lipinski definition) is 2. The number of carbonyl (C=O) groups is 1. The van der Waals surface area contributed by atoms with Crippen LogP contribution in [0.5, 0.6) is 0 Å². The molecule has 2 rings (SSSR count). The fraction of sp³-hybridized carbons (Fsp3) is 0.316. The molecule has 6 nitrogen and oxygen atoms in total. The van der Waals surface area contributed by atoms with Crippen LogP contribution in [0.1, 0.15) is 31.9 Å². The highest BCUT2D eigenvalue weighted by molar-refractivity contribution is 5.94. The molecule has 0 heterocycles. The van der Waals surface area contributed by atoms with Gasteiger partial charge in [-0.15, -0.1) is 0 Å². The van der Waals surface area contributed by atoms with Gasteiger partial charge in [-0.1, -0.05) is 39.0 Å². The molecule has 0 saturated carbocycles. The Balaban J connectivity index is 2.04. The molecule has 0 saturated heterocycles. The van der Waals surface area contributed by atoms with Gasteiger partial charge in [-0.2, -0.15) is 0 Å². The van der Waals surface area contributed by atoms with Crippen LogP contribution in [-0.2, 0) is 10.2 Å². The Labute approximate surface area is 147 Å². The van der Waals surface area contributed by atoms with Crippen molar-refractivity contribution < 1.29 is 9.72 Å². The Morgan fingerprint density at radius 1 is 1.12 bits per heavy atom. The van der Waals surface area contributed by atoms with E-state index in [4.69, 9.17) is 0 Å². The molecule has 0 aliphatic carbocycles. The number of non-ortho nitro benzene ring substituents is 1. The molecule has 2 aromatic carbocycles. The number of para-hydroxylation sites is 1. The van der Waals surface area contributed by atoms with Gasteiger partial charge >= 0.3 is 0 Å². The fourth-order valence-electron chi connectivity index (χ4n) is 2.56. The van der Waals surface area contributed by atoms with Gasteiger partial charge in [0, 0.05) is 23.5 Å². The third kappa shape index (κ3) is 4.79. The summed E-state index contributed by atoms with van der Waals surface area (Å²) in [6, 6.07) is 12.3. The average molecular weight is 341 g/mol. The number of nitrogens with one attached hydrogen (secondary N) is 2. The molecule has 2 aromatic rings. The maximum Gasteiger partial charge on any atom is 0.269 e. The van der Waals surface area contributed by atoms with Gasteiger partial charge in [0.05, 0.1) is 11.5 Å². The van der Waals surface area contributed by atoms with Crippen molar-refractivity contribution in [2.45, 2.75) is 33.1 Å². The molecular weight excluding hydrogens is 318 g/mol. The topological polar surface area (TPSA) is 84.3 Å². The van der Waals surface area contributed by atoms with E-state index in [0.29, 0.717) is 11.3 Å². The van der Waals surface area contributed by atoms with E-state index in [-0.39, 0.29) is 23.6 Å². The predicted molar refractivity (Wildman–Crippen MR) is 100 cm³/mol. The molecule has 2 N–H and O–H groups in total. The van der Waals surface area contributed by atoms with E-state index in [0.717, 1.165) is 11.3 Å². The Bertz CT molecular complexity index is 795. The number of nitrogens with zero attached hydrogens (tertiary/aromatic N) is 1. The molecule has 0 aromatic heterocycles. The lowest BCUT2D eigenvalue weighted by Crippen LogP contribution is -2.24. The third-order valence-electron chi connectivity index (χ3n) is 3.87. The zero-order chi connectivity index (χ0) is 18.6. The van der Waals surface area contributed by atoms with Crippen molar-refractivity contribution in [3.8, 4) is 0 Å². The van der Waals surface area contributed by atoms with Gasteiger partial charge in [0.2, 0.25) is 5.91 Å². The third-order valence-corrected chi connectivity index (χ3v) is 3.87. The van der Waals surface area contributed by atoms with Gasteiger partial charge in [-0.05, 0) is 35.6 Å². The number of hydrogen-bond acceptors (Lipinski definition) is 4. The largest absolute Gasteiger partial charge is 0.376 e. The maximum absolute atomic E-state index is 12.2. The molecular formula is C19H23N3O3. The molecule has 0 atom stereocenters. The van der Waals surface area contributed by atoms with Gasteiger partial charge < -0.3 is 10.6 Å². The van der Waals surface area contributed by atoms with Gasteiger partial charge in [-0.25, -0.2) is 0 Å². The van der Waals surface area contributed by atoms with Crippen molar-refractivity contribution in [2.75, 3.05) is 17.2 Å². The van der Waals surface area contributed by atoms with Gasteiger partial charge in [0.15, 0.2) is 0 Å². The highest BCUT2D eigenvalue weighted by Gasteiger charge is 2.17. The number of nitro benzene ring substituents is 1. The van der Waals surface area contributed by atoms with Crippen LogP contribution < -0.4 is 10.6 Å². The lowest BCUT2D eigenvalue weighted by Gasteiger charge is -2.23. The predicted octanol–water partition coefficient (Wildman–Crippen LogP) is 4.25. The number of anilines is 2. The first-order valence-corrected chi connectivity index (χ1v) is 8.07. The smallest absolute Gasteiger partial charge is 0.269 e. The number of rotatable bonds is 5. The van der Waals surface area contributed by atoms with Crippen LogP contribution in [0.4, 0.5) is 17.1 Å². The number of amides is 1. The van der Waals surface area contributed by atoms with Crippen LogP contribution in [0.2, 0.25) is 0 Å². The second-order valence-corrected chi connectivity index (χ2v) is 6.95. The minimum Gasteiger partial charge on any atom is -0.376 e. The van der Waals surface area contributed by atoms with Gasteiger partial charge in [-0.3, -0.25) is 14.9 Å². The molecule has 1 amide bonds. The van der Waals surface area contributed by atoms with Gasteiger partial charge in [0.25, 0.3) is 5.69 Å². The van der Waals surface area contributed by atoms with Crippen molar-refractivity contribution in [3.63, 3.8) is 0 Å². The van der Waals surface area contributed by atoms with E-state index >= 15 is 0 Å². The average Bonchev–Trinajstić information content (AvgIpc) is 2.54. The first-order chi connectivity index (χ1) is 11.7. The summed E-state index contributed by atoms with van der Waals surface area (Å²) in [5.41, 5.74) is 3.25. The summed E-state index contributed by atoms with van der Waals surface area (Å²) in [5.74, 6) is -0.208. The van der Waals surface area contributed by atoms with E-state index in [9.17, 15) is 14.9 Å². The Hall–Kier alpha value is -2.89. The van der Waals surface area contributed by atoms with E-state index in [1.165, 1.54) is 12.1 Å². The molecule has 0 aliphatic heterocycles. The first kappa shape index (κ1) is 18.4. The summed E-state index contributed by atoms with van der Waals surface area (Å²) >= 11 is 0. The highest BCUT2D eigenvalue weighted by Crippen LogP contribution is 2.29. The van der Waals surface area contributed by atoms with E-state index < -0.39 is 4.92 Å². The minimum atomic E-state index is -0.455. The zero-order valence-corrected chi connectivity index (χ0v) is 14.9. The second kappa shape index (κ2) is 7.34. The standard InChI is InChI=1S/C19H23N3O3/c1-13-11-14(22(24)25)9-10-16(13)21-18(23)12-20-17-8-6-5-7-15(17)19(2,3)4/h5-11,20H,12H2,1-4H3,(H,21,23). The molecule has 6 heteroatoms. The molecule has 0 unspecified atom stereocenters. The Kier molecular flexibility index (Phi) is 5.41. The molecule has 0 aliphatic rings. The summed E-state index contributed by atoms with van der Waals surface area (Å²) in [4.78, 5) is 22.5. The zero-order valence-electron chi connectivity index (χ0n) is 14.9. The van der Waals surface area contributed by atoms with E-state index in [2.05, 4.69) is 31.4 Å². The Morgan fingerprint density at radius 2 is 1.80 bits per heavy atom. The van der Waals surface area contributed by atoms with Crippen molar-refractivity contribution in [2.24, 2.45) is 0 Å². The minimum absolute atomic E-state index is 0.00716. The molecule has 0 radical (unpaired) electrons. The summed E-state index contributed by atoms with van der Waals surface area (Å²) in [5, 5.41) is 16.7. The quantitative estimate of drug-likeness (QED) is 0.629. The number of benzene rings is 2. The summed E-state index contributed by atoms with van der Waals surface area (Å²) < 4.78 is 0. The number of nitro groups is 1. The van der Waals surface area contributed by atoms with E-state index in [1.807, 2.05) is 24.3 Å². The van der Waals surface area contributed by atoms with Crippen LogP contribution >= 0.6 is 0 Å². The lowest BCUT2D eigenvalue weighted by molar-refractivity contribution is -0.384. The van der Waals surface area contributed by atoms with Crippen molar-refractivity contribution >= 4 is 23.0 Å². The molecule has 132 valence electrons. The molecule has 0 bridgehead atoms. The second-order valence-electron chi connectivity index (χ2n) is 6.95. The normalized spacial score (nSPS) is 11.0. The number of aryl methyl sites for hydroxylation is 1. The highest BCUT2D eigenvalue weighted by atomic mass is 16.6. The first-order valence-electron chi connectivity index (χ1n) is 8.07. The fourth-order valence-corrected chi connectivity index (χ4v) is 2.56. The molecule has 25 heavy (non-hydrogen) atoms. The van der Waals surface area contributed by atoms with Crippen molar-refractivity contribution in [1.29, 1.82) is 0 Å². The van der Waals surface area contributed by atoms with E-state index in [1.54, 1.807) is 13.0 Å².